The molecular weight excluding hydrogens is 671 g/mol. The molecule has 0 heterocycles. The molecule has 0 aromatic carbocycles. The van der Waals surface area contributed by atoms with Gasteiger partial charge in [0, 0.05) is 13.1 Å². The molecule has 0 rings (SSSR count). The van der Waals surface area contributed by atoms with Crippen molar-refractivity contribution in [1.82, 2.24) is 5.32 Å². The Kier molecular flexibility index (Phi) is 12.6. The number of rotatable bonds is 15. The molecule has 0 bridgehead atoms. The van der Waals surface area contributed by atoms with Gasteiger partial charge in [-0.3, -0.25) is 4.55 Å². The van der Waals surface area contributed by atoms with Gasteiger partial charge >= 0.3 is 62.8 Å². The van der Waals surface area contributed by atoms with Crippen molar-refractivity contribution in [2.45, 2.75) is 72.2 Å². The van der Waals surface area contributed by atoms with E-state index in [4.69, 9.17) is 4.55 Å². The maximum Gasteiger partial charge on any atom is 0.438 e. The average molecular weight is 689 g/mol. The lowest BCUT2D eigenvalue weighted by Gasteiger charge is -2.44. The van der Waals surface area contributed by atoms with Crippen LogP contribution in [0.25, 0.3) is 0 Å². The first-order chi connectivity index (χ1) is 18.1. The Labute approximate surface area is 223 Å². The lowest BCUT2D eigenvalue weighted by Crippen LogP contribution is -2.76. The summed E-state index contributed by atoms with van der Waals surface area (Å²) in [6.07, 6.45) is -2.94. The maximum atomic E-state index is 13.5. The first-order valence-electron chi connectivity index (χ1n) is 10.1. The van der Waals surface area contributed by atoms with E-state index in [-0.39, 0.29) is 6.92 Å². The van der Waals surface area contributed by atoms with Gasteiger partial charge in [-0.25, -0.2) is 4.39 Å². The van der Waals surface area contributed by atoms with Crippen LogP contribution in [-0.4, -0.2) is 84.9 Å². The highest BCUT2D eigenvalue weighted by molar-refractivity contribution is 7.87. The minimum absolute atomic E-state index is 0.145. The molecule has 0 radical (unpaired) electrons. The second-order valence-electron chi connectivity index (χ2n) is 7.75. The Morgan fingerprint density at radius 2 is 0.881 bits per heavy atom. The third kappa shape index (κ3) is 6.29. The van der Waals surface area contributed by atoms with E-state index in [2.05, 4.69) is 18.5 Å². The van der Waals surface area contributed by atoms with Gasteiger partial charge in [0.15, 0.2) is 6.17 Å². The molecule has 1 atom stereocenters. The third-order valence-corrected chi connectivity index (χ3v) is 5.71. The third-order valence-electron chi connectivity index (χ3n) is 4.80. The number of hydrogen-bond donors (Lipinski definition) is 2. The van der Waals surface area contributed by atoms with Gasteiger partial charge in [0.25, 0.3) is 0 Å². The molecule has 0 aromatic rings. The Bertz CT molecular complexity index is 1030. The highest BCUT2D eigenvalue weighted by Gasteiger charge is 2.97. The van der Waals surface area contributed by atoms with Gasteiger partial charge in [-0.1, -0.05) is 19.1 Å². The summed E-state index contributed by atoms with van der Waals surface area (Å²) < 4.78 is 280. The van der Waals surface area contributed by atoms with E-state index in [1.54, 1.807) is 0 Å². The van der Waals surface area contributed by atoms with Crippen molar-refractivity contribution in [2.75, 3.05) is 13.1 Å². The van der Waals surface area contributed by atoms with Crippen molar-refractivity contribution < 1.29 is 96.4 Å². The maximum absolute atomic E-state index is 13.5. The van der Waals surface area contributed by atoms with Gasteiger partial charge in [-0.15, -0.1) is 13.2 Å². The molecule has 252 valence electrons. The van der Waals surface area contributed by atoms with E-state index in [0.717, 1.165) is 13.1 Å². The summed E-state index contributed by atoms with van der Waals surface area (Å²) in [6, 6.07) is 0. The average Bonchev–Trinajstić information content (AvgIpc) is 2.82. The van der Waals surface area contributed by atoms with Crippen LogP contribution in [0.1, 0.15) is 13.3 Å². The summed E-state index contributed by atoms with van der Waals surface area (Å²) in [5.41, 5.74) is 0. The van der Waals surface area contributed by atoms with Crippen molar-refractivity contribution in [3.63, 3.8) is 0 Å². The molecule has 0 spiro atoms. The number of nitrogens with one attached hydrogen (secondary N) is 1. The fourth-order valence-corrected chi connectivity index (χ4v) is 2.73. The predicted molar refractivity (Wildman–Crippen MR) is 105 cm³/mol. The Morgan fingerprint density at radius 3 is 1.12 bits per heavy atom. The van der Waals surface area contributed by atoms with E-state index in [1.807, 2.05) is 12.2 Å². The predicted octanol–water partition coefficient (Wildman–Crippen LogP) is 7.25. The van der Waals surface area contributed by atoms with Gasteiger partial charge in [-0.2, -0.15) is 87.4 Å². The largest absolute Gasteiger partial charge is 0.438 e. The van der Waals surface area contributed by atoms with Crippen molar-refractivity contribution in [3.05, 3.63) is 25.3 Å². The number of halogens is 19. The lowest BCUT2D eigenvalue weighted by atomic mass is 9.86. The fraction of sp³-hybridized carbons (Fsp3) is 0.778. The molecule has 0 amide bonds. The highest BCUT2D eigenvalue weighted by Crippen LogP contribution is 2.65. The van der Waals surface area contributed by atoms with E-state index < -0.39 is 75.3 Å². The number of hydrogen-bond acceptors (Lipinski definition) is 3. The number of alkyl halides is 19. The zero-order valence-electron chi connectivity index (χ0n) is 20.1. The van der Waals surface area contributed by atoms with Crippen molar-refractivity contribution in [3.8, 4) is 0 Å². The summed E-state index contributed by atoms with van der Waals surface area (Å²) in [5.74, 6) is -68.8. The molecule has 0 aliphatic carbocycles. The normalized spacial score (nSPS) is 15.9. The van der Waals surface area contributed by atoms with Crippen LogP contribution in [0.4, 0.5) is 83.4 Å². The molecular formula is C18H18F19NO3S. The molecule has 0 saturated heterocycles. The van der Waals surface area contributed by atoms with Crippen LogP contribution in [0.15, 0.2) is 25.3 Å². The molecule has 0 aromatic heterocycles. The second-order valence-corrected chi connectivity index (χ2v) is 9.21. The smallest absolute Gasteiger partial charge is 0.310 e. The minimum Gasteiger partial charge on any atom is -0.310 e. The molecule has 0 fully saturated rings. The first-order valence-corrected chi connectivity index (χ1v) is 11.5. The van der Waals surface area contributed by atoms with Crippen molar-refractivity contribution in [1.29, 1.82) is 0 Å². The fourth-order valence-electron chi connectivity index (χ4n) is 2.28. The standard InChI is InChI=1S/C12H7F19O3S.C6H11N/c1-2-3(13)4(14,15)5(16,17)6(18,19)7(20,21)8(22,23)9(24,25)10(26,27)11(28,29)12(30,31)35(32,33)34;1-3-5-7-6-4-2/h3H,2H2,1H3,(H,32,33,34);3-4,7H,1-2,5-6H2. The molecule has 1 unspecified atom stereocenters. The second kappa shape index (κ2) is 12.6. The molecule has 0 saturated carbocycles. The van der Waals surface area contributed by atoms with E-state index in [1.165, 1.54) is 0 Å². The molecule has 4 nitrogen and oxygen atoms in total. The van der Waals surface area contributed by atoms with Gasteiger partial charge in [0.1, 0.15) is 0 Å². The zero-order chi connectivity index (χ0) is 34.8. The monoisotopic (exact) mass is 689 g/mol. The van der Waals surface area contributed by atoms with Crippen LogP contribution < -0.4 is 5.32 Å². The first kappa shape index (κ1) is 42.2. The van der Waals surface area contributed by atoms with Gasteiger partial charge < -0.3 is 5.32 Å². The van der Waals surface area contributed by atoms with Crippen LogP contribution in [0.3, 0.4) is 0 Å². The van der Waals surface area contributed by atoms with E-state index in [9.17, 15) is 91.8 Å². The molecule has 0 aliphatic rings. The van der Waals surface area contributed by atoms with Crippen molar-refractivity contribution in [2.24, 2.45) is 0 Å². The van der Waals surface area contributed by atoms with Crippen LogP contribution in [0, 0.1) is 0 Å². The van der Waals surface area contributed by atoms with Crippen molar-refractivity contribution >= 4 is 10.1 Å². The SMILES string of the molecule is C=CCNCC=C.CCC(F)C(F)(F)C(F)(F)C(F)(F)C(F)(F)C(F)(F)C(F)(F)C(F)(F)C(F)(F)C(F)(F)S(=O)(=O)O. The highest BCUT2D eigenvalue weighted by atomic mass is 32.2. The van der Waals surface area contributed by atoms with Crippen LogP contribution in [0.2, 0.25) is 0 Å². The van der Waals surface area contributed by atoms with Gasteiger partial charge in [0.05, 0.1) is 0 Å². The lowest BCUT2D eigenvalue weighted by molar-refractivity contribution is -0.460. The summed E-state index contributed by atoms with van der Waals surface area (Å²) in [7, 11) is -8.01. The zero-order valence-corrected chi connectivity index (χ0v) is 20.9. The molecule has 0 aliphatic heterocycles. The van der Waals surface area contributed by atoms with E-state index in [0.29, 0.717) is 0 Å². The molecule has 42 heavy (non-hydrogen) atoms. The summed E-state index contributed by atoms with van der Waals surface area (Å²) in [4.78, 5) is 0. The summed E-state index contributed by atoms with van der Waals surface area (Å²) in [5, 5.41) is -4.91. The van der Waals surface area contributed by atoms with Crippen LogP contribution in [0.5, 0.6) is 0 Å². The molecule has 24 heteroatoms. The Morgan fingerprint density at radius 1 is 0.619 bits per heavy atom. The van der Waals surface area contributed by atoms with Gasteiger partial charge in [-0.05, 0) is 6.42 Å². The van der Waals surface area contributed by atoms with E-state index >= 15 is 0 Å². The molecule has 2 N–H and O–H groups in total. The quantitative estimate of drug-likeness (QED) is 0.0824. The summed E-state index contributed by atoms with van der Waals surface area (Å²) in [6.45, 7) is 8.95. The van der Waals surface area contributed by atoms with Crippen LogP contribution in [-0.2, 0) is 10.1 Å². The minimum atomic E-state index is -9.12. The topological polar surface area (TPSA) is 66.4 Å². The Hall–Kier alpha value is -1.98. The summed E-state index contributed by atoms with van der Waals surface area (Å²) >= 11 is 0. The van der Waals surface area contributed by atoms with Crippen LogP contribution >= 0.6 is 0 Å². The Balaban J connectivity index is 0. The van der Waals surface area contributed by atoms with Gasteiger partial charge in [0.2, 0.25) is 0 Å².